The highest BCUT2D eigenvalue weighted by Crippen LogP contribution is 2.37. The second-order valence-electron chi connectivity index (χ2n) is 5.88. The number of carbonyl (C=O) groups is 1. The summed E-state index contributed by atoms with van der Waals surface area (Å²) in [4.78, 5) is 28.8. The van der Waals surface area contributed by atoms with Gasteiger partial charge in [0.25, 0.3) is 5.56 Å². The molecule has 26 heavy (non-hydrogen) atoms. The molecule has 1 atom stereocenters. The minimum atomic E-state index is -4.44. The molecule has 1 N–H and O–H groups in total. The molecule has 0 saturated carbocycles. The van der Waals surface area contributed by atoms with Gasteiger partial charge in [0.1, 0.15) is 5.82 Å². The van der Waals surface area contributed by atoms with Crippen LogP contribution in [0, 0.1) is 0 Å². The molecule has 2 aromatic rings. The van der Waals surface area contributed by atoms with Gasteiger partial charge in [-0.05, 0) is 23.4 Å². The van der Waals surface area contributed by atoms with E-state index in [1.165, 1.54) is 23.9 Å². The zero-order valence-corrected chi connectivity index (χ0v) is 14.9. The van der Waals surface area contributed by atoms with Gasteiger partial charge in [0, 0.05) is 19.4 Å². The molecule has 5 nitrogen and oxygen atoms in total. The molecule has 9 heteroatoms. The highest BCUT2D eigenvalue weighted by molar-refractivity contribution is 7.99. The molecule has 0 spiro atoms. The van der Waals surface area contributed by atoms with Gasteiger partial charge in [-0.3, -0.25) is 9.59 Å². The summed E-state index contributed by atoms with van der Waals surface area (Å²) in [6, 6.07) is 4.54. The Kier molecular flexibility index (Phi) is 4.83. The molecule has 138 valence electrons. The number of nitrogens with one attached hydrogen (secondary N) is 1. The number of halogens is 3. The lowest BCUT2D eigenvalue weighted by molar-refractivity contribution is -0.137. The molecule has 0 saturated heterocycles. The van der Waals surface area contributed by atoms with E-state index in [1.54, 1.807) is 11.6 Å². The lowest BCUT2D eigenvalue weighted by Gasteiger charge is -2.27. The second-order valence-corrected chi connectivity index (χ2v) is 7.11. The predicted molar refractivity (Wildman–Crippen MR) is 92.4 cm³/mol. The molecule has 1 amide bonds. The Hall–Kier alpha value is -2.29. The molecule has 2 heterocycles. The summed E-state index contributed by atoms with van der Waals surface area (Å²) < 4.78 is 39.9. The van der Waals surface area contributed by atoms with Crippen molar-refractivity contribution in [3.8, 4) is 0 Å². The van der Waals surface area contributed by atoms with E-state index < -0.39 is 23.2 Å². The van der Waals surface area contributed by atoms with Crippen LogP contribution in [0.1, 0.15) is 36.0 Å². The van der Waals surface area contributed by atoms with E-state index in [1.807, 2.05) is 6.92 Å². The lowest BCUT2D eigenvalue weighted by atomic mass is 9.86. The van der Waals surface area contributed by atoms with Crippen molar-refractivity contribution < 1.29 is 18.0 Å². The maximum Gasteiger partial charge on any atom is 0.416 e. The first-order valence-corrected chi connectivity index (χ1v) is 8.91. The smallest absolute Gasteiger partial charge is 0.312 e. The number of nitrogens with zero attached hydrogens (tertiary/aromatic N) is 2. The molecule has 0 fully saturated rings. The van der Waals surface area contributed by atoms with Crippen LogP contribution in [0.3, 0.4) is 0 Å². The summed E-state index contributed by atoms with van der Waals surface area (Å²) >= 11 is 1.37. The number of fused-ring (bicyclic) bond motifs is 1. The highest BCUT2D eigenvalue weighted by atomic mass is 32.2. The quantitative estimate of drug-likeness (QED) is 0.652. The average Bonchev–Trinajstić information content (AvgIpc) is 2.58. The van der Waals surface area contributed by atoms with Crippen LogP contribution < -0.4 is 10.9 Å². The molecule has 1 aromatic carbocycles. The summed E-state index contributed by atoms with van der Waals surface area (Å²) in [6.45, 7) is 1.92. The van der Waals surface area contributed by atoms with Crippen LogP contribution in [0.4, 0.5) is 19.0 Å². The van der Waals surface area contributed by atoms with Crippen molar-refractivity contribution in [1.82, 2.24) is 9.55 Å². The van der Waals surface area contributed by atoms with Crippen LogP contribution >= 0.6 is 11.8 Å². The first-order valence-electron chi connectivity index (χ1n) is 7.93. The molecule has 0 bridgehead atoms. The van der Waals surface area contributed by atoms with Gasteiger partial charge in [-0.15, -0.1) is 0 Å². The highest BCUT2D eigenvalue weighted by Gasteiger charge is 2.34. The fourth-order valence-electron chi connectivity index (χ4n) is 2.98. The molecule has 0 aliphatic carbocycles. The number of hydrogen-bond donors (Lipinski definition) is 1. The van der Waals surface area contributed by atoms with Gasteiger partial charge < -0.3 is 9.88 Å². The second kappa shape index (κ2) is 6.79. The van der Waals surface area contributed by atoms with Crippen LogP contribution in [0.15, 0.2) is 34.2 Å². The first-order chi connectivity index (χ1) is 12.2. The number of alkyl halides is 3. The van der Waals surface area contributed by atoms with Crippen molar-refractivity contribution in [2.24, 2.45) is 7.05 Å². The predicted octanol–water partition coefficient (Wildman–Crippen LogP) is 3.39. The third kappa shape index (κ3) is 3.35. The number of aromatic nitrogens is 2. The third-order valence-electron chi connectivity index (χ3n) is 4.21. The summed E-state index contributed by atoms with van der Waals surface area (Å²) in [5.41, 5.74) is -0.474. The number of hydrogen-bond acceptors (Lipinski definition) is 4. The Bertz CT molecular complexity index is 907. The van der Waals surface area contributed by atoms with Crippen LogP contribution in [0.25, 0.3) is 0 Å². The summed E-state index contributed by atoms with van der Waals surface area (Å²) in [5, 5.41) is 3.17. The Morgan fingerprint density at radius 1 is 1.27 bits per heavy atom. The van der Waals surface area contributed by atoms with Crippen molar-refractivity contribution in [3.63, 3.8) is 0 Å². The van der Waals surface area contributed by atoms with E-state index in [4.69, 9.17) is 0 Å². The Labute approximate surface area is 151 Å². The van der Waals surface area contributed by atoms with Crippen LogP contribution in [-0.2, 0) is 18.0 Å². The maximum absolute atomic E-state index is 12.8. The van der Waals surface area contributed by atoms with Gasteiger partial charge in [-0.25, -0.2) is 0 Å². The molecule has 1 aliphatic heterocycles. The van der Waals surface area contributed by atoms with E-state index in [9.17, 15) is 22.8 Å². The van der Waals surface area contributed by atoms with E-state index in [0.29, 0.717) is 27.9 Å². The summed E-state index contributed by atoms with van der Waals surface area (Å²) in [5.74, 6) is 0.126. The van der Waals surface area contributed by atoms with Gasteiger partial charge >= 0.3 is 6.18 Å². The Morgan fingerprint density at radius 3 is 2.50 bits per heavy atom. The average molecular weight is 383 g/mol. The molecule has 1 aliphatic rings. The van der Waals surface area contributed by atoms with Gasteiger partial charge in [0.2, 0.25) is 5.91 Å². The number of anilines is 1. The number of carbonyl (C=O) groups excluding carboxylic acids is 1. The standard InChI is InChI=1S/C17H16F3N3O2S/c1-3-26-16-22-15(25)13-11(8-12(24)21-14(13)23(16)2)9-4-6-10(7-5-9)17(18,19)20/h4-7,11H,3,8H2,1-2H3,(H,21,24)/t11-/m1/s1. The van der Waals surface area contributed by atoms with Crippen molar-refractivity contribution >= 4 is 23.5 Å². The van der Waals surface area contributed by atoms with Crippen molar-refractivity contribution in [2.45, 2.75) is 30.6 Å². The van der Waals surface area contributed by atoms with Crippen LogP contribution in [0.5, 0.6) is 0 Å². The van der Waals surface area contributed by atoms with Crippen molar-refractivity contribution in [3.05, 3.63) is 51.3 Å². The van der Waals surface area contributed by atoms with E-state index >= 15 is 0 Å². The van der Waals surface area contributed by atoms with Crippen molar-refractivity contribution in [1.29, 1.82) is 0 Å². The molecule has 1 aromatic heterocycles. The number of amides is 1. The molecule has 0 radical (unpaired) electrons. The van der Waals surface area contributed by atoms with E-state index in [-0.39, 0.29) is 12.3 Å². The summed E-state index contributed by atoms with van der Waals surface area (Å²) in [7, 11) is 1.69. The van der Waals surface area contributed by atoms with E-state index in [0.717, 1.165) is 12.1 Å². The number of benzene rings is 1. The van der Waals surface area contributed by atoms with Gasteiger partial charge in [0.15, 0.2) is 5.16 Å². The zero-order chi connectivity index (χ0) is 19.1. The fraction of sp³-hybridized carbons (Fsp3) is 0.353. The third-order valence-corrected chi connectivity index (χ3v) is 5.13. The monoisotopic (exact) mass is 383 g/mol. The lowest BCUT2D eigenvalue weighted by Crippen LogP contribution is -2.33. The fourth-order valence-corrected chi connectivity index (χ4v) is 3.67. The van der Waals surface area contributed by atoms with Crippen LogP contribution in [0.2, 0.25) is 0 Å². The maximum atomic E-state index is 12.8. The molecular formula is C17H16F3N3O2S. The normalized spacial score (nSPS) is 17.0. The largest absolute Gasteiger partial charge is 0.416 e. The molecule has 3 rings (SSSR count). The topological polar surface area (TPSA) is 64.0 Å². The Morgan fingerprint density at radius 2 is 1.92 bits per heavy atom. The molecule has 0 unspecified atom stereocenters. The van der Waals surface area contributed by atoms with Gasteiger partial charge in [0.05, 0.1) is 11.1 Å². The number of thioether (sulfide) groups is 1. The first kappa shape index (κ1) is 18.5. The van der Waals surface area contributed by atoms with Gasteiger partial charge in [-0.2, -0.15) is 18.2 Å². The Balaban J connectivity index is 2.11. The summed E-state index contributed by atoms with van der Waals surface area (Å²) in [6.07, 6.45) is -4.46. The van der Waals surface area contributed by atoms with E-state index in [2.05, 4.69) is 10.3 Å². The zero-order valence-electron chi connectivity index (χ0n) is 14.1. The minimum Gasteiger partial charge on any atom is -0.312 e. The SMILES string of the molecule is CCSc1nc(=O)c2c(n1C)NC(=O)C[C@@H]2c1ccc(C(F)(F)F)cc1. The van der Waals surface area contributed by atoms with Crippen molar-refractivity contribution in [2.75, 3.05) is 11.1 Å². The molecular weight excluding hydrogens is 367 g/mol. The van der Waals surface area contributed by atoms with Gasteiger partial charge in [-0.1, -0.05) is 30.8 Å². The minimum absolute atomic E-state index is 0.0183. The van der Waals surface area contributed by atoms with Crippen LogP contribution in [-0.4, -0.2) is 21.2 Å². The number of rotatable bonds is 3.